The van der Waals surface area contributed by atoms with Crippen LogP contribution in [-0.2, 0) is 47.9 Å². The minimum Gasteiger partial charge on any atom is -0.481 e. The second-order valence-corrected chi connectivity index (χ2v) is 23.6. The Balaban J connectivity index is -0.000000383. The zero-order valence-corrected chi connectivity index (χ0v) is 55.7. The van der Waals surface area contributed by atoms with Crippen molar-refractivity contribution in [2.45, 2.75) is 252 Å². The highest BCUT2D eigenvalue weighted by Crippen LogP contribution is 2.35. The third-order valence-corrected chi connectivity index (χ3v) is 14.2. The molecule has 0 aliphatic rings. The zero-order valence-electron chi connectivity index (χ0n) is 55.7. The van der Waals surface area contributed by atoms with Gasteiger partial charge in [-0.05, 0) is 117 Å². The number of carboxylic acid groups (broad SMARTS) is 3. The third kappa shape index (κ3) is 57.1. The lowest BCUT2D eigenvalue weighted by atomic mass is 9.77. The van der Waals surface area contributed by atoms with E-state index in [1.165, 1.54) is 0 Å². The van der Waals surface area contributed by atoms with Crippen LogP contribution in [0.2, 0.25) is 0 Å². The van der Waals surface area contributed by atoms with Crippen LogP contribution in [0.15, 0.2) is 0 Å². The van der Waals surface area contributed by atoms with Crippen LogP contribution in [0.1, 0.15) is 236 Å². The van der Waals surface area contributed by atoms with Crippen LogP contribution < -0.4 is 60.2 Å². The van der Waals surface area contributed by atoms with Crippen LogP contribution in [0.4, 0.5) is 4.79 Å². The lowest BCUT2D eigenvalue weighted by Gasteiger charge is -2.29. The Kier molecular flexibility index (Phi) is 59.2. The Labute approximate surface area is 545 Å². The van der Waals surface area contributed by atoms with E-state index in [4.69, 9.17) is 43.0 Å². The van der Waals surface area contributed by atoms with E-state index >= 15 is 0 Å². The molecule has 31 nitrogen and oxygen atoms in total. The maximum atomic E-state index is 12.1. The van der Waals surface area contributed by atoms with Crippen LogP contribution in [0.5, 0.6) is 0 Å². The van der Waals surface area contributed by atoms with Gasteiger partial charge in [-0.2, -0.15) is 0 Å². The number of ether oxygens (including phenoxy) is 1. The van der Waals surface area contributed by atoms with Gasteiger partial charge in [-0.25, -0.2) is 4.79 Å². The van der Waals surface area contributed by atoms with Gasteiger partial charge in [-0.3, -0.25) is 63.4 Å². The number of rotatable bonds is 50. The quantitative estimate of drug-likeness (QED) is 0.0218. The zero-order chi connectivity index (χ0) is 70.2. The Morgan fingerprint density at radius 2 is 0.576 bits per heavy atom. The van der Waals surface area contributed by atoms with Crippen molar-refractivity contribution in [1.82, 2.24) is 37.2 Å². The fourth-order valence-electron chi connectivity index (χ4n) is 8.32. The number of carbonyl (C=O) groups excluding carboxylic acids is 7. The lowest BCUT2D eigenvalue weighted by molar-refractivity contribution is -0.573. The van der Waals surface area contributed by atoms with Crippen molar-refractivity contribution in [3.63, 3.8) is 0 Å². The fraction of sp³-hybridized carbons (Fsp3) is 0.836. The Morgan fingerprint density at radius 1 is 0.370 bits per heavy atom. The first-order chi connectivity index (χ1) is 42.8. The topological polar surface area (TPSA) is 515 Å². The third-order valence-electron chi connectivity index (χ3n) is 14.2. The van der Waals surface area contributed by atoms with E-state index in [1.807, 2.05) is 48.5 Å². The SMILES string of the molecule is C.CC(C)(C)OC(=O)NCCCN.CC(CCC(=O)NCCCN)(CCC(=O)NCCCN)CCC(=O)NCCCN.CCCCNC(=O)CCC(CCC(=O)NCCCC)(CCC(=O)NCCCC)[N+](=O)[O-].O=C(O)CCC(CCC(=O)O)(CCC(=O)O)[N+](=O)[O-]. The second-order valence-electron chi connectivity index (χ2n) is 23.6. The molecule has 7 amide bonds. The highest BCUT2D eigenvalue weighted by molar-refractivity contribution is 5.78. The first kappa shape index (κ1) is 93.9. The van der Waals surface area contributed by atoms with Gasteiger partial charge in [0.05, 0.1) is 19.3 Å². The summed E-state index contributed by atoms with van der Waals surface area (Å²) in [7, 11) is 0. The summed E-state index contributed by atoms with van der Waals surface area (Å²) in [6.07, 6.45) is 8.25. The van der Waals surface area contributed by atoms with E-state index in [-0.39, 0.29) is 92.9 Å². The number of nitro groups is 2. The predicted octanol–water partition coefficient (Wildman–Crippen LogP) is 4.91. The van der Waals surface area contributed by atoms with E-state index in [0.29, 0.717) is 111 Å². The number of carboxylic acids is 3. The molecule has 0 aromatic carbocycles. The number of hydrogen-bond acceptors (Lipinski definition) is 19. The Bertz CT molecular complexity index is 1920. The molecular formula is C61H121N13O18. The summed E-state index contributed by atoms with van der Waals surface area (Å²) >= 11 is 0. The molecule has 0 saturated carbocycles. The number of hydrogen-bond donors (Lipinski definition) is 14. The molecule has 0 bridgehead atoms. The van der Waals surface area contributed by atoms with E-state index in [0.717, 1.165) is 64.2 Å². The lowest BCUT2D eigenvalue weighted by Crippen LogP contribution is -2.42. The van der Waals surface area contributed by atoms with Crippen molar-refractivity contribution in [2.24, 2.45) is 28.3 Å². The van der Waals surface area contributed by atoms with E-state index in [9.17, 15) is 68.2 Å². The maximum absolute atomic E-state index is 12.1. The smallest absolute Gasteiger partial charge is 0.407 e. The molecule has 92 heavy (non-hydrogen) atoms. The average Bonchev–Trinajstić information content (AvgIpc) is 0.894. The summed E-state index contributed by atoms with van der Waals surface area (Å²) in [5.74, 6) is -4.54. The molecule has 538 valence electrons. The van der Waals surface area contributed by atoms with Crippen molar-refractivity contribution in [2.75, 3.05) is 72.0 Å². The normalized spacial score (nSPS) is 10.9. The summed E-state index contributed by atoms with van der Waals surface area (Å²) in [6.45, 7) is 19.7. The predicted molar refractivity (Wildman–Crippen MR) is 352 cm³/mol. The van der Waals surface area contributed by atoms with Gasteiger partial charge in [0.25, 0.3) is 0 Å². The Hall–Kier alpha value is -6.86. The molecule has 0 rings (SSSR count). The molecule has 0 unspecified atom stereocenters. The monoisotopic (exact) mass is 1320 g/mol. The first-order valence-electron chi connectivity index (χ1n) is 32.1. The molecule has 0 heterocycles. The number of aliphatic carboxylic acids is 3. The number of nitrogens with two attached hydrogens (primary N) is 4. The standard InChI is InChI=1S/C22H42N4O5.C20H42N6O3.C10H15NO8.C8H18N2O2.CH4/c1-4-7-16-23-19(27)10-13-22(26(30)31,14-11-20(28)24-17-8-5-2)15-12-21(29)25-18-9-6-3;1-20(8-5-17(27)24-14-2-11-21,9-6-18(28)25-15-3-12-22)10-7-19(29)26-16-4-13-23;12-7(13)1-4-10(11(18)19,5-2-8(14)15)6-3-9(16)17;1-8(2,3)12-7(11)10-6-4-5-9;/h4-18H2,1-3H3,(H,23,27)(H,24,28)(H,25,29);2-16,21-23H2,1H3,(H,24,27)(H,25,28)(H,26,29);1-6H2,(H,12,13)(H,14,15)(H,16,17);4-6,9H2,1-3H3,(H,10,11);1H4. The van der Waals surface area contributed by atoms with Crippen LogP contribution in [-0.4, -0.2) is 173 Å². The summed E-state index contributed by atoms with van der Waals surface area (Å²) in [5, 5.41) is 68.3. The summed E-state index contributed by atoms with van der Waals surface area (Å²) in [5.41, 5.74) is 17.6. The van der Waals surface area contributed by atoms with Crippen molar-refractivity contribution in [1.29, 1.82) is 0 Å². The highest BCUT2D eigenvalue weighted by atomic mass is 16.6. The van der Waals surface area contributed by atoms with Crippen LogP contribution in [0, 0.1) is 25.6 Å². The number of alkyl carbamates (subject to hydrolysis) is 1. The van der Waals surface area contributed by atoms with Crippen molar-refractivity contribution in [3.05, 3.63) is 20.2 Å². The van der Waals surface area contributed by atoms with Crippen LogP contribution >= 0.6 is 0 Å². The molecule has 0 radical (unpaired) electrons. The van der Waals surface area contributed by atoms with Gasteiger partial charge in [-0.1, -0.05) is 54.4 Å². The second kappa shape index (κ2) is 58.0. The molecule has 18 N–H and O–H groups in total. The van der Waals surface area contributed by atoms with Gasteiger partial charge in [0.2, 0.25) is 46.5 Å². The number of nitrogens with one attached hydrogen (secondary N) is 7. The molecule has 0 spiro atoms. The van der Waals surface area contributed by atoms with Crippen molar-refractivity contribution < 1.29 is 77.8 Å². The molecule has 0 fully saturated rings. The van der Waals surface area contributed by atoms with Gasteiger partial charge >= 0.3 is 24.0 Å². The van der Waals surface area contributed by atoms with Crippen molar-refractivity contribution in [3.8, 4) is 0 Å². The molecular weight excluding hydrogens is 1200 g/mol. The Morgan fingerprint density at radius 3 is 0.772 bits per heavy atom. The van der Waals surface area contributed by atoms with Gasteiger partial charge in [0.15, 0.2) is 0 Å². The van der Waals surface area contributed by atoms with Gasteiger partial charge in [-0.15, -0.1) is 0 Å². The molecule has 0 aromatic heterocycles. The van der Waals surface area contributed by atoms with Gasteiger partial charge in [0, 0.05) is 133 Å². The molecule has 31 heteroatoms. The fourth-order valence-corrected chi connectivity index (χ4v) is 8.32. The minimum atomic E-state index is -1.82. The maximum Gasteiger partial charge on any atom is 0.407 e. The number of unbranched alkanes of at least 4 members (excludes halogenated alkanes) is 3. The van der Waals surface area contributed by atoms with E-state index in [1.54, 1.807) is 0 Å². The van der Waals surface area contributed by atoms with Crippen molar-refractivity contribution >= 4 is 59.4 Å². The molecule has 0 aromatic rings. The summed E-state index contributed by atoms with van der Waals surface area (Å²) in [4.78, 5) is 137. The summed E-state index contributed by atoms with van der Waals surface area (Å²) < 4.78 is 4.99. The number of nitrogens with zero attached hydrogens (tertiary/aromatic N) is 2. The largest absolute Gasteiger partial charge is 0.481 e. The van der Waals surface area contributed by atoms with Crippen LogP contribution in [0.25, 0.3) is 0 Å². The summed E-state index contributed by atoms with van der Waals surface area (Å²) in [6, 6.07) is 0. The number of amides is 7. The number of carbonyl (C=O) groups is 10. The van der Waals surface area contributed by atoms with E-state index < -0.39 is 83.0 Å². The van der Waals surface area contributed by atoms with Gasteiger partial charge < -0.3 is 80.2 Å². The van der Waals surface area contributed by atoms with Gasteiger partial charge in [0.1, 0.15) is 5.60 Å². The molecule has 0 aliphatic heterocycles. The molecule has 0 saturated heterocycles. The minimum absolute atomic E-state index is 0. The van der Waals surface area contributed by atoms with Crippen LogP contribution in [0.3, 0.4) is 0 Å². The van der Waals surface area contributed by atoms with E-state index in [2.05, 4.69) is 37.2 Å². The average molecular weight is 1320 g/mol. The highest BCUT2D eigenvalue weighted by Gasteiger charge is 2.44. The molecule has 0 atom stereocenters. The first-order valence-corrected chi connectivity index (χ1v) is 32.1. The molecule has 0 aliphatic carbocycles.